The molecule has 162 valence electrons. The Kier molecular flexibility index (Phi) is 11.2. The molecule has 0 bridgehead atoms. The maximum atomic E-state index is 12.7. The van der Waals surface area contributed by atoms with E-state index >= 15 is 0 Å². The average Bonchev–Trinajstić information content (AvgIpc) is 2.70. The van der Waals surface area contributed by atoms with Crippen LogP contribution < -0.4 is 0 Å². The third-order valence-electron chi connectivity index (χ3n) is 4.66. The zero-order valence-corrected chi connectivity index (χ0v) is 18.4. The standard InChI is InChI=1S/C19H35N3O6/c1-9-11-27-18(25)15(5)21(7)16(23)13(3)20(6)17(24)14(4)22(8)19(26)28-12-10-2/h13-15H,9-12H2,1-8H3. The van der Waals surface area contributed by atoms with Gasteiger partial charge in [-0.05, 0) is 33.6 Å². The van der Waals surface area contributed by atoms with Crippen molar-refractivity contribution in [2.45, 2.75) is 65.6 Å². The number of rotatable bonds is 10. The molecule has 0 heterocycles. The Bertz CT molecular complexity index is 506. The van der Waals surface area contributed by atoms with E-state index in [1.54, 1.807) is 20.8 Å². The molecule has 0 saturated carbocycles. The summed E-state index contributed by atoms with van der Waals surface area (Å²) in [6, 6.07) is -2.39. The Morgan fingerprint density at radius 1 is 0.679 bits per heavy atom. The highest BCUT2D eigenvalue weighted by atomic mass is 16.6. The van der Waals surface area contributed by atoms with Gasteiger partial charge in [0.25, 0.3) is 0 Å². The van der Waals surface area contributed by atoms with Crippen LogP contribution in [-0.2, 0) is 23.9 Å². The van der Waals surface area contributed by atoms with Crippen molar-refractivity contribution in [1.82, 2.24) is 14.7 Å². The van der Waals surface area contributed by atoms with Gasteiger partial charge in [0.2, 0.25) is 11.8 Å². The van der Waals surface area contributed by atoms with Crippen LogP contribution in [0, 0.1) is 0 Å². The highest BCUT2D eigenvalue weighted by Gasteiger charge is 2.34. The van der Waals surface area contributed by atoms with Crippen LogP contribution in [0.4, 0.5) is 4.79 Å². The molecule has 0 fully saturated rings. The van der Waals surface area contributed by atoms with Crippen LogP contribution in [0.3, 0.4) is 0 Å². The van der Waals surface area contributed by atoms with Crippen LogP contribution in [0.2, 0.25) is 0 Å². The fraction of sp³-hybridized carbons (Fsp3) is 0.789. The van der Waals surface area contributed by atoms with Crippen molar-refractivity contribution in [2.24, 2.45) is 0 Å². The van der Waals surface area contributed by atoms with Gasteiger partial charge in [-0.1, -0.05) is 13.8 Å². The van der Waals surface area contributed by atoms with Gasteiger partial charge >= 0.3 is 12.1 Å². The Morgan fingerprint density at radius 3 is 1.54 bits per heavy atom. The molecule has 0 aromatic carbocycles. The Hall–Kier alpha value is -2.32. The quantitative estimate of drug-likeness (QED) is 0.515. The second-order valence-electron chi connectivity index (χ2n) is 6.82. The van der Waals surface area contributed by atoms with Gasteiger partial charge in [0.05, 0.1) is 13.2 Å². The third-order valence-corrected chi connectivity index (χ3v) is 4.66. The van der Waals surface area contributed by atoms with E-state index in [0.717, 1.165) is 0 Å². The molecule has 3 unspecified atom stereocenters. The van der Waals surface area contributed by atoms with E-state index in [9.17, 15) is 19.2 Å². The molecule has 0 aromatic heterocycles. The molecule has 28 heavy (non-hydrogen) atoms. The third kappa shape index (κ3) is 7.01. The molecule has 0 aromatic rings. The van der Waals surface area contributed by atoms with Gasteiger partial charge in [0, 0.05) is 21.1 Å². The minimum atomic E-state index is -0.818. The number of carbonyl (C=O) groups excluding carboxylic acids is 4. The normalized spacial score (nSPS) is 13.7. The summed E-state index contributed by atoms with van der Waals surface area (Å²) in [6.45, 7) is 9.03. The number of likely N-dealkylation sites (N-methyl/N-ethyl adjacent to an activating group) is 3. The van der Waals surface area contributed by atoms with Crippen molar-refractivity contribution in [3.05, 3.63) is 0 Å². The highest BCUT2D eigenvalue weighted by Crippen LogP contribution is 2.10. The van der Waals surface area contributed by atoms with E-state index in [0.29, 0.717) is 12.8 Å². The fourth-order valence-corrected chi connectivity index (χ4v) is 2.23. The summed E-state index contributed by atoms with van der Waals surface area (Å²) in [5.41, 5.74) is 0. The van der Waals surface area contributed by atoms with Crippen LogP contribution in [0.15, 0.2) is 0 Å². The van der Waals surface area contributed by atoms with Crippen LogP contribution in [0.1, 0.15) is 47.5 Å². The molecule has 0 aliphatic heterocycles. The maximum Gasteiger partial charge on any atom is 0.410 e. The molecule has 0 spiro atoms. The minimum absolute atomic E-state index is 0.269. The first-order valence-corrected chi connectivity index (χ1v) is 9.60. The SMILES string of the molecule is CCCOC(=O)C(C)N(C)C(=O)C(C)N(C)C(=O)C(C)N(C)C(=O)OCCC. The molecular formula is C19H35N3O6. The molecule has 0 aliphatic carbocycles. The summed E-state index contributed by atoms with van der Waals surface area (Å²) in [5.74, 6) is -1.31. The Morgan fingerprint density at radius 2 is 1.07 bits per heavy atom. The smallest absolute Gasteiger partial charge is 0.410 e. The van der Waals surface area contributed by atoms with E-state index in [4.69, 9.17) is 9.47 Å². The molecule has 9 nitrogen and oxygen atoms in total. The minimum Gasteiger partial charge on any atom is -0.464 e. The number of ether oxygens (including phenoxy) is 2. The van der Waals surface area contributed by atoms with Crippen molar-refractivity contribution >= 4 is 23.9 Å². The second kappa shape index (κ2) is 12.2. The first-order valence-electron chi connectivity index (χ1n) is 9.60. The van der Waals surface area contributed by atoms with Crippen molar-refractivity contribution < 1.29 is 28.7 Å². The van der Waals surface area contributed by atoms with Gasteiger partial charge in [-0.25, -0.2) is 9.59 Å². The van der Waals surface area contributed by atoms with E-state index in [-0.39, 0.29) is 13.2 Å². The van der Waals surface area contributed by atoms with Gasteiger partial charge in [-0.2, -0.15) is 0 Å². The molecule has 0 radical (unpaired) electrons. The van der Waals surface area contributed by atoms with Gasteiger partial charge in [-0.3, -0.25) is 14.5 Å². The fourth-order valence-electron chi connectivity index (χ4n) is 2.23. The second-order valence-corrected chi connectivity index (χ2v) is 6.82. The number of esters is 1. The molecule has 3 amide bonds. The summed E-state index contributed by atoms with van der Waals surface area (Å²) < 4.78 is 10.1. The van der Waals surface area contributed by atoms with E-state index in [1.165, 1.54) is 35.8 Å². The zero-order valence-electron chi connectivity index (χ0n) is 18.4. The predicted molar refractivity (Wildman–Crippen MR) is 105 cm³/mol. The number of nitrogens with zero attached hydrogens (tertiary/aromatic N) is 3. The topological polar surface area (TPSA) is 96.5 Å². The lowest BCUT2D eigenvalue weighted by molar-refractivity contribution is -0.156. The average molecular weight is 402 g/mol. The number of carbonyl (C=O) groups is 4. The molecule has 9 heteroatoms. The maximum absolute atomic E-state index is 12.7. The van der Waals surface area contributed by atoms with Crippen molar-refractivity contribution in [2.75, 3.05) is 34.4 Å². The van der Waals surface area contributed by atoms with E-state index in [2.05, 4.69) is 0 Å². The number of amides is 3. The van der Waals surface area contributed by atoms with E-state index in [1.807, 2.05) is 13.8 Å². The van der Waals surface area contributed by atoms with Crippen LogP contribution in [0.25, 0.3) is 0 Å². The summed E-state index contributed by atoms with van der Waals surface area (Å²) in [6.07, 6.45) is 0.772. The van der Waals surface area contributed by atoms with Crippen molar-refractivity contribution in [3.8, 4) is 0 Å². The number of hydrogen-bond donors (Lipinski definition) is 0. The largest absolute Gasteiger partial charge is 0.464 e. The molecule has 0 rings (SSSR count). The van der Waals surface area contributed by atoms with Crippen molar-refractivity contribution in [3.63, 3.8) is 0 Å². The Balaban J connectivity index is 4.99. The summed E-state index contributed by atoms with van der Waals surface area (Å²) in [5, 5.41) is 0. The Labute approximate surface area is 167 Å². The predicted octanol–water partition coefficient (Wildman–Crippen LogP) is 1.50. The van der Waals surface area contributed by atoms with E-state index < -0.39 is 42.0 Å². The zero-order chi connectivity index (χ0) is 22.0. The molecule has 3 atom stereocenters. The summed E-state index contributed by atoms with van der Waals surface area (Å²) in [4.78, 5) is 53.0. The van der Waals surface area contributed by atoms with Gasteiger partial charge in [0.15, 0.2) is 0 Å². The summed E-state index contributed by atoms with van der Waals surface area (Å²) >= 11 is 0. The summed E-state index contributed by atoms with van der Waals surface area (Å²) in [7, 11) is 4.45. The van der Waals surface area contributed by atoms with Gasteiger partial charge < -0.3 is 19.3 Å². The van der Waals surface area contributed by atoms with Crippen molar-refractivity contribution in [1.29, 1.82) is 0 Å². The molecule has 0 N–H and O–H groups in total. The lowest BCUT2D eigenvalue weighted by Crippen LogP contribution is -2.54. The highest BCUT2D eigenvalue weighted by molar-refractivity contribution is 5.92. The monoisotopic (exact) mass is 401 g/mol. The van der Waals surface area contributed by atoms with Crippen LogP contribution >= 0.6 is 0 Å². The van der Waals surface area contributed by atoms with Gasteiger partial charge in [-0.15, -0.1) is 0 Å². The molecular weight excluding hydrogens is 366 g/mol. The number of hydrogen-bond acceptors (Lipinski definition) is 6. The van der Waals surface area contributed by atoms with Gasteiger partial charge in [0.1, 0.15) is 18.1 Å². The first kappa shape index (κ1) is 25.7. The first-order chi connectivity index (χ1) is 13.0. The molecule has 0 aliphatic rings. The molecule has 0 saturated heterocycles. The van der Waals surface area contributed by atoms with Crippen LogP contribution in [-0.4, -0.2) is 91.1 Å². The lowest BCUT2D eigenvalue weighted by Gasteiger charge is -2.33. The van der Waals surface area contributed by atoms with Crippen LogP contribution in [0.5, 0.6) is 0 Å². The lowest BCUT2D eigenvalue weighted by atomic mass is 10.2.